The minimum atomic E-state index is -0.0232. The average molecular weight is 285 g/mol. The average Bonchev–Trinajstić information content (AvgIpc) is 3.07. The number of halogens is 1. The van der Waals surface area contributed by atoms with Gasteiger partial charge in [0.05, 0.1) is 12.5 Å². The molecule has 2 aliphatic rings. The second-order valence-corrected chi connectivity index (χ2v) is 5.09. The normalized spacial score (nSPS) is 36.1. The van der Waals surface area contributed by atoms with E-state index in [2.05, 4.69) is 40.2 Å². The van der Waals surface area contributed by atoms with Crippen LogP contribution in [0.4, 0.5) is 0 Å². The number of allylic oxidation sites excluding steroid dienone is 4. The smallest absolute Gasteiger partial charge is 0.309 e. The Morgan fingerprint density at radius 2 is 2.38 bits per heavy atom. The van der Waals surface area contributed by atoms with Crippen LogP contribution in [0.15, 0.2) is 24.3 Å². The van der Waals surface area contributed by atoms with E-state index in [0.717, 1.165) is 18.2 Å². The predicted octanol–water partition coefficient (Wildman–Crippen LogP) is 3.08. The third kappa shape index (κ3) is 1.97. The Balaban J connectivity index is 2.04. The molecule has 1 saturated carbocycles. The van der Waals surface area contributed by atoms with E-state index in [0.29, 0.717) is 12.5 Å². The largest absolute Gasteiger partial charge is 0.466 e. The highest BCUT2D eigenvalue weighted by molar-refractivity contribution is 9.09. The summed E-state index contributed by atoms with van der Waals surface area (Å²) in [6.07, 6.45) is 10.5. The van der Waals surface area contributed by atoms with Gasteiger partial charge < -0.3 is 4.74 Å². The van der Waals surface area contributed by atoms with Gasteiger partial charge in [0.2, 0.25) is 0 Å². The van der Waals surface area contributed by atoms with Gasteiger partial charge in [0.25, 0.3) is 0 Å². The van der Waals surface area contributed by atoms with Crippen molar-refractivity contribution in [1.29, 1.82) is 0 Å². The summed E-state index contributed by atoms with van der Waals surface area (Å²) in [5, 5.41) is 0.881. The number of carbonyl (C=O) groups is 1. The molecule has 2 aliphatic carbocycles. The minimum absolute atomic E-state index is 0.0232. The van der Waals surface area contributed by atoms with Crippen LogP contribution in [0.1, 0.15) is 19.8 Å². The Bertz CT molecular complexity index is 335. The van der Waals surface area contributed by atoms with E-state index in [1.54, 1.807) is 0 Å². The fourth-order valence-corrected chi connectivity index (χ4v) is 3.58. The van der Waals surface area contributed by atoms with E-state index < -0.39 is 0 Å². The van der Waals surface area contributed by atoms with Crippen LogP contribution in [0, 0.1) is 17.3 Å². The van der Waals surface area contributed by atoms with Crippen LogP contribution in [-0.4, -0.2) is 17.9 Å². The lowest BCUT2D eigenvalue weighted by atomic mass is 9.84. The van der Waals surface area contributed by atoms with E-state index in [9.17, 15) is 4.79 Å². The maximum Gasteiger partial charge on any atom is 0.309 e. The molecule has 0 aromatic heterocycles. The highest BCUT2D eigenvalue weighted by atomic mass is 79.9. The molecule has 0 saturated heterocycles. The molecule has 0 spiro atoms. The number of ether oxygens (including phenoxy) is 1. The van der Waals surface area contributed by atoms with E-state index in [1.165, 1.54) is 0 Å². The zero-order chi connectivity index (χ0) is 11.6. The molecule has 0 radical (unpaired) electrons. The lowest BCUT2D eigenvalue weighted by molar-refractivity contribution is -0.145. The maximum atomic E-state index is 11.7. The first-order chi connectivity index (χ1) is 7.74. The van der Waals surface area contributed by atoms with Crippen LogP contribution in [0.25, 0.3) is 0 Å². The highest BCUT2D eigenvalue weighted by Crippen LogP contribution is 2.61. The van der Waals surface area contributed by atoms with Gasteiger partial charge in [0.15, 0.2) is 0 Å². The highest BCUT2D eigenvalue weighted by Gasteiger charge is 2.61. The van der Waals surface area contributed by atoms with Gasteiger partial charge in [-0.05, 0) is 25.7 Å². The summed E-state index contributed by atoms with van der Waals surface area (Å²) in [5.74, 6) is 0.546. The Morgan fingerprint density at radius 1 is 1.56 bits per heavy atom. The second-order valence-electron chi connectivity index (χ2n) is 4.53. The van der Waals surface area contributed by atoms with Gasteiger partial charge in [0, 0.05) is 10.7 Å². The Hall–Kier alpha value is -0.570. The summed E-state index contributed by atoms with van der Waals surface area (Å²) in [6.45, 7) is 2.34. The quantitative estimate of drug-likeness (QED) is 0.586. The molecule has 0 aliphatic heterocycles. The number of carbonyl (C=O) groups excluding carboxylic acids is 1. The number of esters is 1. The molecule has 88 valence electrons. The number of hydrogen-bond acceptors (Lipinski definition) is 2. The maximum absolute atomic E-state index is 11.7. The Kier molecular flexibility index (Phi) is 3.53. The van der Waals surface area contributed by atoms with Gasteiger partial charge >= 0.3 is 5.97 Å². The molecular weight excluding hydrogens is 268 g/mol. The van der Waals surface area contributed by atoms with Gasteiger partial charge in [-0.15, -0.1) is 0 Å². The molecule has 0 N–H and O–H groups in total. The molecule has 1 fully saturated rings. The van der Waals surface area contributed by atoms with Crippen LogP contribution in [0.5, 0.6) is 0 Å². The molecule has 0 amide bonds. The Morgan fingerprint density at radius 3 is 2.94 bits per heavy atom. The van der Waals surface area contributed by atoms with E-state index in [4.69, 9.17) is 4.74 Å². The van der Waals surface area contributed by atoms with Crippen LogP contribution < -0.4 is 0 Å². The molecule has 3 heteroatoms. The van der Waals surface area contributed by atoms with Gasteiger partial charge in [-0.1, -0.05) is 40.2 Å². The molecule has 0 aromatic carbocycles. The van der Waals surface area contributed by atoms with Gasteiger partial charge in [-0.25, -0.2) is 0 Å². The molecule has 16 heavy (non-hydrogen) atoms. The lowest BCUT2D eigenvalue weighted by Crippen LogP contribution is -2.23. The Labute approximate surface area is 105 Å². The van der Waals surface area contributed by atoms with Crippen molar-refractivity contribution in [2.45, 2.75) is 19.8 Å². The van der Waals surface area contributed by atoms with Gasteiger partial charge in [0.1, 0.15) is 0 Å². The number of alkyl halides is 1. The summed E-state index contributed by atoms with van der Waals surface area (Å²) in [4.78, 5) is 11.7. The van der Waals surface area contributed by atoms with Gasteiger partial charge in [-0.2, -0.15) is 0 Å². The van der Waals surface area contributed by atoms with Crippen molar-refractivity contribution in [2.75, 3.05) is 11.9 Å². The zero-order valence-electron chi connectivity index (χ0n) is 9.49. The van der Waals surface area contributed by atoms with Crippen LogP contribution >= 0.6 is 15.9 Å². The van der Waals surface area contributed by atoms with Crippen molar-refractivity contribution >= 4 is 21.9 Å². The lowest BCUT2D eigenvalue weighted by Gasteiger charge is -2.23. The van der Waals surface area contributed by atoms with Crippen molar-refractivity contribution < 1.29 is 9.53 Å². The topological polar surface area (TPSA) is 26.3 Å². The van der Waals surface area contributed by atoms with Crippen molar-refractivity contribution in [1.82, 2.24) is 0 Å². The van der Waals surface area contributed by atoms with Crippen molar-refractivity contribution in [3.8, 4) is 0 Å². The van der Waals surface area contributed by atoms with Crippen molar-refractivity contribution in [3.63, 3.8) is 0 Å². The molecule has 0 bridgehead atoms. The van der Waals surface area contributed by atoms with Crippen LogP contribution in [0.3, 0.4) is 0 Å². The summed E-state index contributed by atoms with van der Waals surface area (Å²) in [7, 11) is 0. The molecule has 2 nitrogen and oxygen atoms in total. The van der Waals surface area contributed by atoms with Crippen molar-refractivity contribution in [3.05, 3.63) is 24.3 Å². The predicted molar refractivity (Wildman–Crippen MR) is 67.4 cm³/mol. The van der Waals surface area contributed by atoms with Gasteiger partial charge in [-0.3, -0.25) is 4.79 Å². The summed E-state index contributed by atoms with van der Waals surface area (Å²) >= 11 is 3.56. The molecular formula is C13H17BrO2. The van der Waals surface area contributed by atoms with E-state index >= 15 is 0 Å². The zero-order valence-corrected chi connectivity index (χ0v) is 11.1. The van der Waals surface area contributed by atoms with Crippen molar-refractivity contribution in [2.24, 2.45) is 17.3 Å². The summed E-state index contributed by atoms with van der Waals surface area (Å²) < 4.78 is 5.11. The molecule has 1 unspecified atom stereocenters. The first kappa shape index (κ1) is 11.9. The molecule has 0 heterocycles. The summed E-state index contributed by atoms with van der Waals surface area (Å²) in [6, 6.07) is 0. The fraction of sp³-hybridized carbons (Fsp3) is 0.615. The number of hydrogen-bond donors (Lipinski definition) is 0. The summed E-state index contributed by atoms with van der Waals surface area (Å²) in [5.41, 5.74) is 0.105. The van der Waals surface area contributed by atoms with E-state index in [-0.39, 0.29) is 17.3 Å². The monoisotopic (exact) mass is 284 g/mol. The van der Waals surface area contributed by atoms with Crippen LogP contribution in [-0.2, 0) is 9.53 Å². The second kappa shape index (κ2) is 4.74. The molecule has 0 aromatic rings. The van der Waals surface area contributed by atoms with Crippen LogP contribution in [0.2, 0.25) is 0 Å². The first-order valence-corrected chi connectivity index (χ1v) is 6.92. The molecule has 3 atom stereocenters. The van der Waals surface area contributed by atoms with E-state index in [1.807, 2.05) is 6.92 Å². The first-order valence-electron chi connectivity index (χ1n) is 5.80. The third-order valence-electron chi connectivity index (χ3n) is 3.66. The molecule has 2 rings (SSSR count). The minimum Gasteiger partial charge on any atom is -0.466 e. The number of rotatable bonds is 4. The standard InChI is InChI=1S/C13H17BrO2/c1-2-16-12(15)11-8-13(11,9-14)10-6-4-3-5-7-10/h3-6,10-11H,2,7-9H2,1H3/t10?,11-,13+/m0/s1. The fourth-order valence-electron chi connectivity index (χ4n) is 2.55. The third-order valence-corrected chi connectivity index (χ3v) is 4.70. The SMILES string of the molecule is CCOC(=O)[C@@H]1C[C@@]1(CBr)C1C=CC=CC1.